The number of amides is 1. The molecule has 2 rings (SSSR count). The highest BCUT2D eigenvalue weighted by Crippen LogP contribution is 2.07. The van der Waals surface area contributed by atoms with Crippen LogP contribution in [-0.4, -0.2) is 21.7 Å². The number of carbonyl (C=O) groups is 1. The third-order valence-corrected chi connectivity index (χ3v) is 3.15. The van der Waals surface area contributed by atoms with Gasteiger partial charge in [0.15, 0.2) is 0 Å². The van der Waals surface area contributed by atoms with E-state index < -0.39 is 11.7 Å². The van der Waals surface area contributed by atoms with Crippen LogP contribution >= 0.6 is 15.9 Å². The Kier molecular flexibility index (Phi) is 7.85. The van der Waals surface area contributed by atoms with Crippen LogP contribution in [0.15, 0.2) is 41.1 Å². The number of nitrogens with zero attached hydrogens (tertiary/aromatic N) is 2. The molecule has 0 aliphatic heterocycles. The molecule has 0 spiro atoms. The van der Waals surface area contributed by atoms with Gasteiger partial charge in [-0.3, -0.25) is 9.97 Å². The van der Waals surface area contributed by atoms with Gasteiger partial charge in [-0.25, -0.2) is 4.79 Å². The lowest BCUT2D eigenvalue weighted by Crippen LogP contribution is -2.32. The van der Waals surface area contributed by atoms with Crippen LogP contribution in [0.2, 0.25) is 0 Å². The van der Waals surface area contributed by atoms with Gasteiger partial charge in [0.1, 0.15) is 5.60 Å². The van der Waals surface area contributed by atoms with Crippen molar-refractivity contribution < 1.29 is 9.53 Å². The van der Waals surface area contributed by atoms with Crippen molar-refractivity contribution in [2.45, 2.75) is 46.8 Å². The molecule has 6 heteroatoms. The van der Waals surface area contributed by atoms with Crippen LogP contribution in [0.4, 0.5) is 4.79 Å². The third kappa shape index (κ3) is 9.25. The summed E-state index contributed by atoms with van der Waals surface area (Å²) in [5, 5.41) is 2.67. The molecule has 0 fully saturated rings. The number of halogens is 1. The summed E-state index contributed by atoms with van der Waals surface area (Å²) in [6.07, 6.45) is 3.12. The van der Waals surface area contributed by atoms with Gasteiger partial charge in [0.05, 0.1) is 0 Å². The topological polar surface area (TPSA) is 64.1 Å². The fourth-order valence-corrected chi connectivity index (χ4v) is 1.78. The Hall–Kier alpha value is -1.95. The molecule has 0 aromatic carbocycles. The first-order chi connectivity index (χ1) is 11.2. The summed E-state index contributed by atoms with van der Waals surface area (Å²) in [5.74, 6) is 0. The number of hydrogen-bond acceptors (Lipinski definition) is 4. The zero-order valence-electron chi connectivity index (χ0n) is 14.8. The van der Waals surface area contributed by atoms with E-state index in [0.29, 0.717) is 6.54 Å². The fraction of sp³-hybridized carbons (Fsp3) is 0.389. The van der Waals surface area contributed by atoms with Crippen molar-refractivity contribution >= 4 is 22.0 Å². The van der Waals surface area contributed by atoms with Gasteiger partial charge in [-0.05, 0) is 74.3 Å². The summed E-state index contributed by atoms with van der Waals surface area (Å²) in [6.45, 7) is 9.82. The summed E-state index contributed by atoms with van der Waals surface area (Å²) in [6, 6.07) is 7.78. The number of nitrogens with one attached hydrogen (secondary N) is 1. The van der Waals surface area contributed by atoms with Crippen molar-refractivity contribution in [3.05, 3.63) is 58.1 Å². The predicted molar refractivity (Wildman–Crippen MR) is 98.7 cm³/mol. The minimum atomic E-state index is -0.463. The highest BCUT2D eigenvalue weighted by Gasteiger charge is 2.15. The molecule has 0 radical (unpaired) electrons. The largest absolute Gasteiger partial charge is 0.444 e. The minimum absolute atomic E-state index is 0.409. The van der Waals surface area contributed by atoms with E-state index in [9.17, 15) is 4.79 Å². The van der Waals surface area contributed by atoms with Crippen LogP contribution in [0.1, 0.15) is 37.7 Å². The Balaban J connectivity index is 0.000000300. The lowest BCUT2D eigenvalue weighted by atomic mass is 10.2. The average Bonchev–Trinajstić information content (AvgIpc) is 2.49. The van der Waals surface area contributed by atoms with Gasteiger partial charge in [0.25, 0.3) is 0 Å². The van der Waals surface area contributed by atoms with Gasteiger partial charge in [0.2, 0.25) is 0 Å². The Labute approximate surface area is 152 Å². The van der Waals surface area contributed by atoms with Crippen molar-refractivity contribution in [2.24, 2.45) is 0 Å². The van der Waals surface area contributed by atoms with Crippen molar-refractivity contribution in [2.75, 3.05) is 0 Å². The van der Waals surface area contributed by atoms with E-state index in [1.807, 2.05) is 58.9 Å². The molecule has 24 heavy (non-hydrogen) atoms. The summed E-state index contributed by atoms with van der Waals surface area (Å²) in [4.78, 5) is 19.5. The van der Waals surface area contributed by atoms with E-state index in [4.69, 9.17) is 4.74 Å². The fourth-order valence-electron chi connectivity index (χ4n) is 1.54. The molecular formula is C18H24BrN3O2. The van der Waals surface area contributed by atoms with Gasteiger partial charge in [0, 0.05) is 34.8 Å². The molecule has 1 N–H and O–H groups in total. The number of ether oxygens (including phenoxy) is 1. The number of pyridine rings is 2. The molecule has 0 aliphatic rings. The highest BCUT2D eigenvalue weighted by atomic mass is 79.9. The maximum Gasteiger partial charge on any atom is 0.407 e. The van der Waals surface area contributed by atoms with Gasteiger partial charge < -0.3 is 10.1 Å². The molecule has 2 heterocycles. The maximum atomic E-state index is 11.3. The summed E-state index contributed by atoms with van der Waals surface area (Å²) in [5.41, 5.74) is 2.50. The Morgan fingerprint density at radius 3 is 2.08 bits per heavy atom. The Bertz CT molecular complexity index is 614. The van der Waals surface area contributed by atoms with Crippen LogP contribution in [0.25, 0.3) is 0 Å². The van der Waals surface area contributed by atoms with Crippen molar-refractivity contribution in [3.8, 4) is 0 Å². The second-order valence-corrected chi connectivity index (χ2v) is 7.20. The molecule has 2 aromatic heterocycles. The molecule has 1 amide bonds. The van der Waals surface area contributed by atoms with Gasteiger partial charge in [-0.1, -0.05) is 6.07 Å². The van der Waals surface area contributed by atoms with E-state index >= 15 is 0 Å². The number of alkyl carbamates (subject to hydrolysis) is 1. The molecule has 2 aromatic rings. The number of carbonyl (C=O) groups excluding carboxylic acids is 1. The normalized spacial score (nSPS) is 10.4. The minimum Gasteiger partial charge on any atom is -0.444 e. The summed E-state index contributed by atoms with van der Waals surface area (Å²) < 4.78 is 6.14. The number of rotatable bonds is 2. The molecule has 0 unspecified atom stereocenters. The zero-order valence-corrected chi connectivity index (χ0v) is 16.3. The summed E-state index contributed by atoms with van der Waals surface area (Å²) >= 11 is 3.28. The highest BCUT2D eigenvalue weighted by molar-refractivity contribution is 9.10. The Morgan fingerprint density at radius 1 is 1.08 bits per heavy atom. The smallest absolute Gasteiger partial charge is 0.407 e. The molecule has 0 aliphatic carbocycles. The average molecular weight is 394 g/mol. The van der Waals surface area contributed by atoms with Gasteiger partial charge in [-0.15, -0.1) is 0 Å². The van der Waals surface area contributed by atoms with E-state index in [2.05, 4.69) is 31.2 Å². The first-order valence-electron chi connectivity index (χ1n) is 7.62. The maximum absolute atomic E-state index is 11.3. The molecule has 5 nitrogen and oxygen atoms in total. The van der Waals surface area contributed by atoms with Crippen LogP contribution in [-0.2, 0) is 11.3 Å². The molecular weight excluding hydrogens is 370 g/mol. The quantitative estimate of drug-likeness (QED) is 0.811. The van der Waals surface area contributed by atoms with Crippen LogP contribution < -0.4 is 5.32 Å². The van der Waals surface area contributed by atoms with Crippen LogP contribution in [0.3, 0.4) is 0 Å². The Morgan fingerprint density at radius 2 is 1.67 bits per heavy atom. The van der Waals surface area contributed by atoms with Crippen LogP contribution in [0.5, 0.6) is 0 Å². The van der Waals surface area contributed by atoms with E-state index in [1.165, 1.54) is 0 Å². The predicted octanol–water partition coefficient (Wildman–Crippen LogP) is 4.57. The first-order valence-corrected chi connectivity index (χ1v) is 8.41. The molecule has 0 saturated heterocycles. The lowest BCUT2D eigenvalue weighted by Gasteiger charge is -2.19. The van der Waals surface area contributed by atoms with Gasteiger partial charge >= 0.3 is 6.09 Å². The van der Waals surface area contributed by atoms with E-state index in [1.54, 1.807) is 12.4 Å². The standard InChI is InChI=1S/C12H18N2O2.C6H6BrN/c1-9-5-6-10(7-13-9)8-14-11(15)16-12(2,3)4;1-5-2-3-6(7)4-8-5/h5-7H,8H2,1-4H3,(H,14,15);2-4H,1H3. The van der Waals surface area contributed by atoms with Gasteiger partial charge in [-0.2, -0.15) is 0 Å². The zero-order chi connectivity index (χ0) is 18.2. The van der Waals surface area contributed by atoms with Crippen LogP contribution in [0, 0.1) is 13.8 Å². The van der Waals surface area contributed by atoms with Crippen molar-refractivity contribution in [1.82, 2.24) is 15.3 Å². The first kappa shape index (κ1) is 20.1. The molecule has 0 atom stereocenters. The second kappa shape index (κ2) is 9.37. The molecule has 130 valence electrons. The number of aryl methyl sites for hydroxylation is 2. The molecule has 0 bridgehead atoms. The SMILES string of the molecule is Cc1ccc(Br)cn1.Cc1ccc(CNC(=O)OC(C)(C)C)cn1. The second-order valence-electron chi connectivity index (χ2n) is 6.28. The number of aromatic nitrogens is 2. The number of hydrogen-bond donors (Lipinski definition) is 1. The van der Waals surface area contributed by atoms with E-state index in [0.717, 1.165) is 21.4 Å². The lowest BCUT2D eigenvalue weighted by molar-refractivity contribution is 0.0523. The van der Waals surface area contributed by atoms with Crippen molar-refractivity contribution in [1.29, 1.82) is 0 Å². The monoisotopic (exact) mass is 393 g/mol. The molecule has 0 saturated carbocycles. The van der Waals surface area contributed by atoms with Crippen molar-refractivity contribution in [3.63, 3.8) is 0 Å². The van der Waals surface area contributed by atoms with E-state index in [-0.39, 0.29) is 0 Å². The summed E-state index contributed by atoms with van der Waals surface area (Å²) in [7, 11) is 0. The third-order valence-electron chi connectivity index (χ3n) is 2.68.